The number of carbonyl (C=O) groups excluding carboxylic acids is 2. The molecule has 0 bridgehead atoms. The summed E-state index contributed by atoms with van der Waals surface area (Å²) in [6.45, 7) is 3.11. The minimum atomic E-state index is -0.950. The first kappa shape index (κ1) is 16.3. The van der Waals surface area contributed by atoms with Crippen LogP contribution in [0.2, 0.25) is 0 Å². The highest BCUT2D eigenvalue weighted by atomic mass is 16.4. The van der Waals surface area contributed by atoms with Gasteiger partial charge in [0, 0.05) is 26.7 Å². The van der Waals surface area contributed by atoms with Gasteiger partial charge in [-0.2, -0.15) is 0 Å². The molecule has 1 saturated heterocycles. The zero-order valence-electron chi connectivity index (χ0n) is 12.1. The van der Waals surface area contributed by atoms with Crippen molar-refractivity contribution in [2.45, 2.75) is 26.2 Å². The Morgan fingerprint density at radius 2 is 1.85 bits per heavy atom. The van der Waals surface area contributed by atoms with Crippen molar-refractivity contribution in [1.82, 2.24) is 15.1 Å². The molecule has 3 amide bonds. The van der Waals surface area contributed by atoms with E-state index in [0.29, 0.717) is 0 Å². The van der Waals surface area contributed by atoms with Crippen LogP contribution >= 0.6 is 0 Å². The lowest BCUT2D eigenvalue weighted by molar-refractivity contribution is -0.141. The second kappa shape index (κ2) is 7.72. The summed E-state index contributed by atoms with van der Waals surface area (Å²) in [5.41, 5.74) is 0. The molecule has 1 aliphatic heterocycles. The van der Waals surface area contributed by atoms with Gasteiger partial charge in [0.2, 0.25) is 5.91 Å². The van der Waals surface area contributed by atoms with Gasteiger partial charge in [0.15, 0.2) is 0 Å². The number of piperidine rings is 1. The third-order valence-electron chi connectivity index (χ3n) is 3.42. The molecule has 1 aliphatic rings. The molecule has 7 nitrogen and oxygen atoms in total. The van der Waals surface area contributed by atoms with E-state index in [-0.39, 0.29) is 19.0 Å². The quantitative estimate of drug-likeness (QED) is 0.763. The molecule has 1 heterocycles. The van der Waals surface area contributed by atoms with Gasteiger partial charge >= 0.3 is 12.0 Å². The van der Waals surface area contributed by atoms with E-state index in [9.17, 15) is 14.4 Å². The Balaban J connectivity index is 2.31. The fourth-order valence-corrected chi connectivity index (χ4v) is 2.11. The summed E-state index contributed by atoms with van der Waals surface area (Å²) in [6.07, 6.45) is 3.16. The van der Waals surface area contributed by atoms with Crippen LogP contribution in [-0.4, -0.2) is 66.0 Å². The summed E-state index contributed by atoms with van der Waals surface area (Å²) in [5.74, 6) is -1.67. The first-order chi connectivity index (χ1) is 9.41. The van der Waals surface area contributed by atoms with Crippen molar-refractivity contribution in [3.63, 3.8) is 0 Å². The van der Waals surface area contributed by atoms with Crippen molar-refractivity contribution in [3.8, 4) is 0 Å². The highest BCUT2D eigenvalue weighted by Crippen LogP contribution is 2.08. The molecule has 1 atom stereocenters. The Kier molecular flexibility index (Phi) is 6.27. The Hall–Kier alpha value is -1.79. The number of aliphatic carboxylic acids is 1. The third kappa shape index (κ3) is 5.07. The molecule has 0 spiro atoms. The normalized spacial score (nSPS) is 16.4. The molecule has 0 saturated carbocycles. The molecular formula is C13H23N3O4. The topological polar surface area (TPSA) is 90.0 Å². The van der Waals surface area contributed by atoms with Gasteiger partial charge in [0.05, 0.1) is 12.5 Å². The number of carboxylic acids is 1. The molecule has 0 radical (unpaired) electrons. The van der Waals surface area contributed by atoms with E-state index in [0.717, 1.165) is 32.4 Å². The molecule has 1 rings (SSSR count). The Morgan fingerprint density at radius 1 is 1.25 bits per heavy atom. The van der Waals surface area contributed by atoms with Gasteiger partial charge in [0.25, 0.3) is 0 Å². The lowest BCUT2D eigenvalue weighted by atomic mass is 10.1. The second-order valence-corrected chi connectivity index (χ2v) is 5.22. The standard InChI is InChI=1S/C13H23N3O4/c1-10(12(18)19)9-15(2)13(20)14-8-11(17)16-6-4-3-5-7-16/h10H,3-9H2,1-2H3,(H,14,20)(H,18,19). The first-order valence-corrected chi connectivity index (χ1v) is 6.91. The van der Waals surface area contributed by atoms with Crippen molar-refractivity contribution in [3.05, 3.63) is 0 Å². The molecule has 1 unspecified atom stereocenters. The summed E-state index contributed by atoms with van der Waals surface area (Å²) >= 11 is 0. The average Bonchev–Trinajstić information content (AvgIpc) is 2.44. The van der Waals surface area contributed by atoms with E-state index < -0.39 is 17.9 Å². The Morgan fingerprint density at radius 3 is 2.40 bits per heavy atom. The van der Waals surface area contributed by atoms with Gasteiger partial charge in [-0.25, -0.2) is 4.79 Å². The fraction of sp³-hybridized carbons (Fsp3) is 0.769. The number of nitrogens with zero attached hydrogens (tertiary/aromatic N) is 2. The Bertz CT molecular complexity index is 367. The number of nitrogens with one attached hydrogen (secondary N) is 1. The van der Waals surface area contributed by atoms with Crippen LogP contribution in [0.5, 0.6) is 0 Å². The first-order valence-electron chi connectivity index (χ1n) is 6.91. The van der Waals surface area contributed by atoms with E-state index in [1.54, 1.807) is 4.90 Å². The van der Waals surface area contributed by atoms with Crippen molar-refractivity contribution in [2.24, 2.45) is 5.92 Å². The highest BCUT2D eigenvalue weighted by molar-refractivity contribution is 5.84. The maximum absolute atomic E-state index is 11.9. The number of hydrogen-bond donors (Lipinski definition) is 2. The third-order valence-corrected chi connectivity index (χ3v) is 3.42. The monoisotopic (exact) mass is 285 g/mol. The van der Waals surface area contributed by atoms with Crippen molar-refractivity contribution >= 4 is 17.9 Å². The lowest BCUT2D eigenvalue weighted by Crippen LogP contribution is -2.46. The smallest absolute Gasteiger partial charge is 0.317 e. The number of carbonyl (C=O) groups is 3. The molecule has 0 aromatic heterocycles. The van der Waals surface area contributed by atoms with Gasteiger partial charge in [-0.3, -0.25) is 9.59 Å². The van der Waals surface area contributed by atoms with Crippen LogP contribution in [0.15, 0.2) is 0 Å². The van der Waals surface area contributed by atoms with Crippen molar-refractivity contribution in [2.75, 3.05) is 33.2 Å². The fourth-order valence-electron chi connectivity index (χ4n) is 2.11. The largest absolute Gasteiger partial charge is 0.481 e. The number of urea groups is 1. The summed E-state index contributed by atoms with van der Waals surface area (Å²) in [4.78, 5) is 37.3. The van der Waals surface area contributed by atoms with Crippen LogP contribution in [-0.2, 0) is 9.59 Å². The summed E-state index contributed by atoms with van der Waals surface area (Å²) < 4.78 is 0. The summed E-state index contributed by atoms with van der Waals surface area (Å²) in [5, 5.41) is 11.3. The van der Waals surface area contributed by atoms with Crippen LogP contribution in [0, 0.1) is 5.92 Å². The predicted molar refractivity (Wildman–Crippen MR) is 73.3 cm³/mol. The second-order valence-electron chi connectivity index (χ2n) is 5.22. The van der Waals surface area contributed by atoms with Gasteiger partial charge in [-0.05, 0) is 19.3 Å². The van der Waals surface area contributed by atoms with Crippen LogP contribution in [0.3, 0.4) is 0 Å². The predicted octanol–water partition coefficient (Wildman–Crippen LogP) is 0.361. The van der Waals surface area contributed by atoms with E-state index >= 15 is 0 Å². The van der Waals surface area contributed by atoms with E-state index in [1.165, 1.54) is 18.9 Å². The molecule has 1 fully saturated rings. The van der Waals surface area contributed by atoms with E-state index in [2.05, 4.69) is 5.32 Å². The number of hydrogen-bond acceptors (Lipinski definition) is 3. The van der Waals surface area contributed by atoms with Crippen molar-refractivity contribution in [1.29, 1.82) is 0 Å². The van der Waals surface area contributed by atoms with Gasteiger partial charge < -0.3 is 20.2 Å². The zero-order valence-corrected chi connectivity index (χ0v) is 12.1. The maximum atomic E-state index is 11.9. The number of rotatable bonds is 5. The zero-order chi connectivity index (χ0) is 15.1. The highest BCUT2D eigenvalue weighted by Gasteiger charge is 2.20. The molecule has 0 aromatic carbocycles. The SMILES string of the molecule is CC(CN(C)C(=O)NCC(=O)N1CCCCC1)C(=O)O. The molecule has 2 N–H and O–H groups in total. The van der Waals surface area contributed by atoms with Crippen molar-refractivity contribution < 1.29 is 19.5 Å². The van der Waals surface area contributed by atoms with Gasteiger partial charge in [-0.15, -0.1) is 0 Å². The molecule has 0 aromatic rings. The number of likely N-dealkylation sites (tertiary alicyclic amines) is 1. The van der Waals surface area contributed by atoms with E-state index in [4.69, 9.17) is 5.11 Å². The molecular weight excluding hydrogens is 262 g/mol. The summed E-state index contributed by atoms with van der Waals surface area (Å²) in [6, 6.07) is -0.427. The minimum Gasteiger partial charge on any atom is -0.481 e. The van der Waals surface area contributed by atoms with E-state index in [1.807, 2.05) is 0 Å². The molecule has 7 heteroatoms. The number of amides is 3. The maximum Gasteiger partial charge on any atom is 0.317 e. The van der Waals surface area contributed by atoms with Gasteiger partial charge in [0.1, 0.15) is 0 Å². The molecule has 114 valence electrons. The van der Waals surface area contributed by atoms with Crippen LogP contribution in [0.1, 0.15) is 26.2 Å². The molecule has 0 aliphatic carbocycles. The number of carboxylic acid groups (broad SMARTS) is 1. The van der Waals surface area contributed by atoms with Gasteiger partial charge in [-0.1, -0.05) is 6.92 Å². The summed E-state index contributed by atoms with van der Waals surface area (Å²) in [7, 11) is 1.51. The average molecular weight is 285 g/mol. The van der Waals surface area contributed by atoms with Crippen LogP contribution < -0.4 is 5.32 Å². The minimum absolute atomic E-state index is 0.0371. The van der Waals surface area contributed by atoms with Crippen LogP contribution in [0.25, 0.3) is 0 Å². The molecule has 20 heavy (non-hydrogen) atoms. The Labute approximate surface area is 118 Å². The van der Waals surface area contributed by atoms with Crippen LogP contribution in [0.4, 0.5) is 4.79 Å². The lowest BCUT2D eigenvalue weighted by Gasteiger charge is -2.27.